The van der Waals surface area contributed by atoms with Gasteiger partial charge in [-0.05, 0) is 32.4 Å². The van der Waals surface area contributed by atoms with Crippen molar-refractivity contribution in [3.8, 4) is 0 Å². The minimum absolute atomic E-state index is 0.0781. The summed E-state index contributed by atoms with van der Waals surface area (Å²) in [6.45, 7) is 7.86. The molecule has 0 saturated heterocycles. The molecular formula is C11H24NO. The zero-order chi connectivity index (χ0) is 9.94. The molecule has 0 rings (SSSR count). The Morgan fingerprint density at radius 2 is 1.31 bits per heavy atom. The molecule has 0 atom stereocenters. The molecule has 79 valence electrons. The molecule has 0 aliphatic carbocycles. The molecule has 0 aromatic carbocycles. The molecule has 0 aliphatic heterocycles. The quantitative estimate of drug-likeness (QED) is 0.543. The maximum absolute atomic E-state index is 10.4. The molecular weight excluding hydrogens is 162 g/mol. The van der Waals surface area contributed by atoms with Crippen LogP contribution in [0, 0.1) is 0 Å². The second kappa shape index (κ2) is 10.0. The highest BCUT2D eigenvalue weighted by molar-refractivity contribution is 4.57. The minimum atomic E-state index is 0.0781. The van der Waals surface area contributed by atoms with Gasteiger partial charge < -0.3 is 4.90 Å². The van der Waals surface area contributed by atoms with Gasteiger partial charge in [-0.1, -0.05) is 26.7 Å². The van der Waals surface area contributed by atoms with Crippen molar-refractivity contribution in [3.05, 3.63) is 0 Å². The number of hydrogen-bond acceptors (Lipinski definition) is 1. The Morgan fingerprint density at radius 1 is 0.846 bits per heavy atom. The normalized spacial score (nSPS) is 11.1. The van der Waals surface area contributed by atoms with Gasteiger partial charge in [0.25, 0.3) is 0 Å². The van der Waals surface area contributed by atoms with E-state index >= 15 is 0 Å². The van der Waals surface area contributed by atoms with Crippen LogP contribution < -0.4 is 0 Å². The predicted octanol–water partition coefficient (Wildman–Crippen LogP) is 2.71. The van der Waals surface area contributed by atoms with Gasteiger partial charge in [0.05, 0.1) is 6.61 Å². The lowest BCUT2D eigenvalue weighted by Gasteiger charge is -2.21. The first-order valence-electron chi connectivity index (χ1n) is 5.65. The Morgan fingerprint density at radius 3 is 1.69 bits per heavy atom. The third kappa shape index (κ3) is 8.26. The summed E-state index contributed by atoms with van der Waals surface area (Å²) in [7, 11) is 0. The Bertz CT molecular complexity index is 77.1. The molecule has 0 bridgehead atoms. The number of rotatable bonds is 9. The summed E-state index contributed by atoms with van der Waals surface area (Å²) in [4.78, 5) is 2.44. The van der Waals surface area contributed by atoms with E-state index in [2.05, 4.69) is 18.7 Å². The molecule has 13 heavy (non-hydrogen) atoms. The second-order valence-electron chi connectivity index (χ2n) is 3.61. The van der Waals surface area contributed by atoms with Crippen LogP contribution in [-0.4, -0.2) is 31.1 Å². The van der Waals surface area contributed by atoms with Crippen LogP contribution in [0.1, 0.15) is 46.0 Å². The number of unbranched alkanes of at least 4 members (excludes halogenated alkanes) is 2. The lowest BCUT2D eigenvalue weighted by atomic mass is 10.2. The van der Waals surface area contributed by atoms with Gasteiger partial charge >= 0.3 is 0 Å². The highest BCUT2D eigenvalue weighted by Crippen LogP contribution is 1.99. The lowest BCUT2D eigenvalue weighted by Crippen LogP contribution is -2.27. The van der Waals surface area contributed by atoms with Crippen molar-refractivity contribution in [2.24, 2.45) is 0 Å². The smallest absolute Gasteiger partial charge is 0.0834 e. The monoisotopic (exact) mass is 186 g/mol. The summed E-state index contributed by atoms with van der Waals surface area (Å²) in [5.74, 6) is 0. The first-order chi connectivity index (χ1) is 6.35. The molecule has 0 unspecified atom stereocenters. The zero-order valence-electron chi connectivity index (χ0n) is 9.22. The van der Waals surface area contributed by atoms with Crippen LogP contribution in [0.15, 0.2) is 0 Å². The standard InChI is InChI=1S/C11H24NO/c1-3-5-8-12(9-6-4-2)10-7-11-13/h3-11H2,1-2H3. The van der Waals surface area contributed by atoms with Crippen molar-refractivity contribution in [2.75, 3.05) is 26.2 Å². The van der Waals surface area contributed by atoms with Crippen LogP contribution in [-0.2, 0) is 5.11 Å². The van der Waals surface area contributed by atoms with Gasteiger partial charge in [-0.25, -0.2) is 5.11 Å². The van der Waals surface area contributed by atoms with E-state index in [9.17, 15) is 5.11 Å². The van der Waals surface area contributed by atoms with Crippen LogP contribution in [0.3, 0.4) is 0 Å². The fraction of sp³-hybridized carbons (Fsp3) is 1.00. The van der Waals surface area contributed by atoms with Gasteiger partial charge in [-0.2, -0.15) is 0 Å². The molecule has 0 amide bonds. The van der Waals surface area contributed by atoms with Crippen molar-refractivity contribution in [2.45, 2.75) is 46.0 Å². The van der Waals surface area contributed by atoms with E-state index in [1.807, 2.05) is 0 Å². The van der Waals surface area contributed by atoms with E-state index in [1.54, 1.807) is 0 Å². The van der Waals surface area contributed by atoms with E-state index in [0.29, 0.717) is 0 Å². The highest BCUT2D eigenvalue weighted by Gasteiger charge is 2.02. The number of hydrogen-bond donors (Lipinski definition) is 0. The molecule has 0 aliphatic rings. The number of nitrogens with zero attached hydrogens (tertiary/aromatic N) is 1. The maximum Gasteiger partial charge on any atom is 0.0834 e. The van der Waals surface area contributed by atoms with Crippen LogP contribution in [0.4, 0.5) is 0 Å². The van der Waals surface area contributed by atoms with Crippen molar-refractivity contribution in [3.63, 3.8) is 0 Å². The van der Waals surface area contributed by atoms with E-state index in [-0.39, 0.29) is 6.61 Å². The van der Waals surface area contributed by atoms with E-state index < -0.39 is 0 Å². The third-order valence-corrected chi connectivity index (χ3v) is 2.27. The van der Waals surface area contributed by atoms with Gasteiger partial charge in [-0.15, -0.1) is 0 Å². The Hall–Kier alpha value is -0.0800. The van der Waals surface area contributed by atoms with Crippen molar-refractivity contribution < 1.29 is 5.11 Å². The molecule has 0 saturated carbocycles. The molecule has 0 heterocycles. The zero-order valence-corrected chi connectivity index (χ0v) is 9.22. The van der Waals surface area contributed by atoms with E-state index in [4.69, 9.17) is 0 Å². The molecule has 0 N–H and O–H groups in total. The summed E-state index contributed by atoms with van der Waals surface area (Å²) >= 11 is 0. The maximum atomic E-state index is 10.4. The molecule has 0 aromatic heterocycles. The van der Waals surface area contributed by atoms with E-state index in [0.717, 1.165) is 13.0 Å². The minimum Gasteiger partial charge on any atom is -0.303 e. The fourth-order valence-electron chi connectivity index (χ4n) is 1.39. The molecule has 2 heteroatoms. The molecule has 2 nitrogen and oxygen atoms in total. The molecule has 0 spiro atoms. The van der Waals surface area contributed by atoms with Gasteiger partial charge in [0.1, 0.15) is 0 Å². The van der Waals surface area contributed by atoms with Crippen molar-refractivity contribution in [1.82, 2.24) is 4.90 Å². The fourth-order valence-corrected chi connectivity index (χ4v) is 1.39. The molecule has 0 aromatic rings. The van der Waals surface area contributed by atoms with Crippen LogP contribution in [0.5, 0.6) is 0 Å². The van der Waals surface area contributed by atoms with E-state index in [1.165, 1.54) is 38.8 Å². The van der Waals surface area contributed by atoms with Gasteiger partial charge in [0, 0.05) is 6.54 Å². The highest BCUT2D eigenvalue weighted by atomic mass is 16.3. The topological polar surface area (TPSA) is 23.1 Å². The first-order valence-corrected chi connectivity index (χ1v) is 5.65. The lowest BCUT2D eigenvalue weighted by molar-refractivity contribution is 0.164. The average Bonchev–Trinajstić information content (AvgIpc) is 2.17. The molecule has 1 radical (unpaired) electrons. The average molecular weight is 186 g/mol. The first kappa shape index (κ1) is 12.9. The van der Waals surface area contributed by atoms with Gasteiger partial charge in [-0.3, -0.25) is 0 Å². The van der Waals surface area contributed by atoms with Crippen LogP contribution >= 0.6 is 0 Å². The van der Waals surface area contributed by atoms with Gasteiger partial charge in [0.15, 0.2) is 0 Å². The van der Waals surface area contributed by atoms with Crippen LogP contribution in [0.2, 0.25) is 0 Å². The predicted molar refractivity (Wildman–Crippen MR) is 56.4 cm³/mol. The largest absolute Gasteiger partial charge is 0.303 e. The Kier molecular flexibility index (Phi) is 9.94. The second-order valence-corrected chi connectivity index (χ2v) is 3.61. The van der Waals surface area contributed by atoms with Crippen molar-refractivity contribution in [1.29, 1.82) is 0 Å². The summed E-state index contributed by atoms with van der Waals surface area (Å²) in [5.41, 5.74) is 0. The molecule has 0 fully saturated rings. The van der Waals surface area contributed by atoms with Crippen LogP contribution in [0.25, 0.3) is 0 Å². The third-order valence-electron chi connectivity index (χ3n) is 2.27. The van der Waals surface area contributed by atoms with Crippen molar-refractivity contribution >= 4 is 0 Å². The SMILES string of the molecule is CCCCN(CCCC)CCC[O]. The summed E-state index contributed by atoms with van der Waals surface area (Å²) in [5, 5.41) is 10.4. The van der Waals surface area contributed by atoms with Gasteiger partial charge in [0.2, 0.25) is 0 Å². The summed E-state index contributed by atoms with van der Waals surface area (Å²) < 4.78 is 0. The summed E-state index contributed by atoms with van der Waals surface area (Å²) in [6.07, 6.45) is 5.85. The Balaban J connectivity index is 3.47. The Labute approximate surface area is 82.9 Å². The summed E-state index contributed by atoms with van der Waals surface area (Å²) in [6, 6.07) is 0.